The Morgan fingerprint density at radius 3 is 1.83 bits per heavy atom. The SMILES string of the molecule is CCCCC1CCC(C2CCC(c3cc(F)c(C(C)C(F)(F)F)c(F)c3)CC2)CC1. The van der Waals surface area contributed by atoms with Gasteiger partial charge in [-0.3, -0.25) is 0 Å². The Morgan fingerprint density at radius 1 is 0.867 bits per heavy atom. The molecule has 3 rings (SSSR count). The maximum Gasteiger partial charge on any atom is 0.395 e. The van der Waals surface area contributed by atoms with Gasteiger partial charge < -0.3 is 0 Å². The molecule has 1 aromatic carbocycles. The van der Waals surface area contributed by atoms with E-state index in [-0.39, 0.29) is 5.92 Å². The van der Waals surface area contributed by atoms with Crippen LogP contribution in [0, 0.1) is 29.4 Å². The third-order valence-electron chi connectivity index (χ3n) is 7.79. The van der Waals surface area contributed by atoms with Crippen LogP contribution in [-0.4, -0.2) is 6.18 Å². The van der Waals surface area contributed by atoms with Crippen LogP contribution < -0.4 is 0 Å². The molecule has 1 aromatic rings. The molecule has 2 aliphatic carbocycles. The van der Waals surface area contributed by atoms with Crippen LogP contribution >= 0.6 is 0 Å². The van der Waals surface area contributed by atoms with Gasteiger partial charge in [0.05, 0.1) is 5.92 Å². The van der Waals surface area contributed by atoms with Crippen LogP contribution in [-0.2, 0) is 0 Å². The topological polar surface area (TPSA) is 0 Å². The van der Waals surface area contributed by atoms with E-state index >= 15 is 0 Å². The molecule has 2 fully saturated rings. The van der Waals surface area contributed by atoms with Crippen LogP contribution in [0.5, 0.6) is 0 Å². The summed E-state index contributed by atoms with van der Waals surface area (Å²) in [5.41, 5.74) is -0.343. The van der Waals surface area contributed by atoms with Crippen LogP contribution in [0.2, 0.25) is 0 Å². The first-order valence-corrected chi connectivity index (χ1v) is 11.8. The third-order valence-corrected chi connectivity index (χ3v) is 7.79. The van der Waals surface area contributed by atoms with Gasteiger partial charge in [-0.25, -0.2) is 8.78 Å². The molecule has 30 heavy (non-hydrogen) atoms. The van der Waals surface area contributed by atoms with Gasteiger partial charge in [-0.1, -0.05) is 39.0 Å². The zero-order chi connectivity index (χ0) is 21.9. The average molecular weight is 431 g/mol. The van der Waals surface area contributed by atoms with E-state index in [0.29, 0.717) is 11.5 Å². The van der Waals surface area contributed by atoms with Gasteiger partial charge in [-0.2, -0.15) is 13.2 Å². The largest absolute Gasteiger partial charge is 0.395 e. The predicted octanol–water partition coefficient (Wildman–Crippen LogP) is 8.90. The van der Waals surface area contributed by atoms with E-state index in [1.54, 1.807) is 0 Å². The molecule has 0 aromatic heterocycles. The molecule has 0 N–H and O–H groups in total. The maximum atomic E-state index is 14.4. The van der Waals surface area contributed by atoms with Gasteiger partial charge in [-0.05, 0) is 86.8 Å². The Morgan fingerprint density at radius 2 is 1.37 bits per heavy atom. The van der Waals surface area contributed by atoms with Crippen LogP contribution in [0.25, 0.3) is 0 Å². The molecular formula is C25H35F5. The molecule has 0 bridgehead atoms. The first-order chi connectivity index (χ1) is 14.2. The van der Waals surface area contributed by atoms with Crippen LogP contribution in [0.15, 0.2) is 12.1 Å². The lowest BCUT2D eigenvalue weighted by molar-refractivity contribution is -0.147. The van der Waals surface area contributed by atoms with Gasteiger partial charge in [0.15, 0.2) is 0 Å². The smallest absolute Gasteiger partial charge is 0.207 e. The lowest BCUT2D eigenvalue weighted by Crippen LogP contribution is -2.25. The number of alkyl halides is 3. The summed E-state index contributed by atoms with van der Waals surface area (Å²) >= 11 is 0. The molecule has 0 aliphatic heterocycles. The number of unbranched alkanes of at least 4 members (excludes halogenated alkanes) is 1. The van der Waals surface area contributed by atoms with Crippen molar-refractivity contribution in [3.05, 3.63) is 34.9 Å². The zero-order valence-corrected chi connectivity index (χ0v) is 18.2. The molecule has 0 nitrogen and oxygen atoms in total. The molecule has 0 heterocycles. The Bertz CT molecular complexity index is 656. The Balaban J connectivity index is 1.57. The van der Waals surface area contributed by atoms with Crippen molar-refractivity contribution in [3.8, 4) is 0 Å². The molecule has 0 amide bonds. The van der Waals surface area contributed by atoms with Crippen molar-refractivity contribution in [2.45, 2.75) is 102 Å². The highest BCUT2D eigenvalue weighted by Gasteiger charge is 2.40. The van der Waals surface area contributed by atoms with Gasteiger partial charge in [0, 0.05) is 5.56 Å². The van der Waals surface area contributed by atoms with Gasteiger partial charge in [0.2, 0.25) is 0 Å². The lowest BCUT2D eigenvalue weighted by atomic mass is 9.68. The van der Waals surface area contributed by atoms with Crippen molar-refractivity contribution in [3.63, 3.8) is 0 Å². The second-order valence-corrected chi connectivity index (χ2v) is 9.70. The Labute approximate surface area is 177 Å². The second-order valence-electron chi connectivity index (χ2n) is 9.70. The van der Waals surface area contributed by atoms with E-state index in [1.165, 1.54) is 44.9 Å². The predicted molar refractivity (Wildman–Crippen MR) is 111 cm³/mol. The van der Waals surface area contributed by atoms with Crippen LogP contribution in [0.3, 0.4) is 0 Å². The fraction of sp³-hybridized carbons (Fsp3) is 0.760. The summed E-state index contributed by atoms with van der Waals surface area (Å²) in [4.78, 5) is 0. The fourth-order valence-corrected chi connectivity index (χ4v) is 5.78. The number of rotatable bonds is 6. The number of benzene rings is 1. The van der Waals surface area contributed by atoms with E-state index in [2.05, 4.69) is 6.92 Å². The summed E-state index contributed by atoms with van der Waals surface area (Å²) in [6, 6.07) is 2.29. The molecule has 2 aliphatic rings. The van der Waals surface area contributed by atoms with Gasteiger partial charge in [0.1, 0.15) is 11.6 Å². The summed E-state index contributed by atoms with van der Waals surface area (Å²) in [6.45, 7) is 3.05. The lowest BCUT2D eigenvalue weighted by Gasteiger charge is -2.38. The highest BCUT2D eigenvalue weighted by molar-refractivity contribution is 5.32. The fourth-order valence-electron chi connectivity index (χ4n) is 5.78. The molecule has 0 spiro atoms. The van der Waals surface area contributed by atoms with E-state index < -0.39 is 29.3 Å². The summed E-state index contributed by atoms with van der Waals surface area (Å²) in [5, 5.41) is 0. The standard InChI is InChI=1S/C25H35F5/c1-3-4-5-17-6-8-18(9-7-17)19-10-12-20(13-11-19)21-14-22(26)24(23(27)15-21)16(2)25(28,29)30/h14-20H,3-13H2,1-2H3. The third kappa shape index (κ3) is 5.56. The monoisotopic (exact) mass is 430 g/mol. The van der Waals surface area contributed by atoms with Gasteiger partial charge >= 0.3 is 6.18 Å². The molecular weight excluding hydrogens is 395 g/mol. The number of hydrogen-bond donors (Lipinski definition) is 0. The van der Waals surface area contributed by atoms with E-state index in [1.807, 2.05) is 0 Å². The first kappa shape index (κ1) is 23.5. The average Bonchev–Trinajstić information content (AvgIpc) is 2.71. The molecule has 2 saturated carbocycles. The van der Waals surface area contributed by atoms with Crippen molar-refractivity contribution in [1.29, 1.82) is 0 Å². The quantitative estimate of drug-likeness (QED) is 0.395. The van der Waals surface area contributed by atoms with Gasteiger partial charge in [-0.15, -0.1) is 0 Å². The zero-order valence-electron chi connectivity index (χ0n) is 18.2. The number of hydrogen-bond acceptors (Lipinski definition) is 0. The van der Waals surface area contributed by atoms with Crippen molar-refractivity contribution >= 4 is 0 Å². The molecule has 1 unspecified atom stereocenters. The molecule has 1 atom stereocenters. The summed E-state index contributed by atoms with van der Waals surface area (Å²) < 4.78 is 67.6. The minimum absolute atomic E-state index is 0.0430. The van der Waals surface area contributed by atoms with Crippen molar-refractivity contribution < 1.29 is 22.0 Å². The van der Waals surface area contributed by atoms with Crippen molar-refractivity contribution in [2.75, 3.05) is 0 Å². The molecule has 0 radical (unpaired) electrons. The first-order valence-electron chi connectivity index (χ1n) is 11.8. The highest BCUT2D eigenvalue weighted by Crippen LogP contribution is 2.45. The van der Waals surface area contributed by atoms with E-state index in [4.69, 9.17) is 0 Å². The van der Waals surface area contributed by atoms with E-state index in [9.17, 15) is 22.0 Å². The van der Waals surface area contributed by atoms with Crippen molar-refractivity contribution in [1.82, 2.24) is 0 Å². The summed E-state index contributed by atoms with van der Waals surface area (Å²) in [7, 11) is 0. The normalized spacial score (nSPS) is 29.0. The summed E-state index contributed by atoms with van der Waals surface area (Å²) in [5.74, 6) is -1.89. The Kier molecular flexibility index (Phi) is 7.84. The highest BCUT2D eigenvalue weighted by atomic mass is 19.4. The van der Waals surface area contributed by atoms with Gasteiger partial charge in [0.25, 0.3) is 0 Å². The van der Waals surface area contributed by atoms with Crippen LogP contribution in [0.1, 0.15) is 107 Å². The van der Waals surface area contributed by atoms with Crippen molar-refractivity contribution in [2.24, 2.45) is 17.8 Å². The summed E-state index contributed by atoms with van der Waals surface area (Å²) in [6.07, 6.45) is 8.41. The minimum atomic E-state index is -4.66. The Hall–Kier alpha value is -1.13. The molecule has 170 valence electrons. The number of halogens is 5. The molecule has 5 heteroatoms. The van der Waals surface area contributed by atoms with E-state index in [0.717, 1.165) is 56.6 Å². The minimum Gasteiger partial charge on any atom is -0.207 e. The van der Waals surface area contributed by atoms with Crippen LogP contribution in [0.4, 0.5) is 22.0 Å². The maximum absolute atomic E-state index is 14.4. The second kappa shape index (κ2) is 9.99. The molecule has 0 saturated heterocycles.